The van der Waals surface area contributed by atoms with Gasteiger partial charge < -0.3 is 10.6 Å². The molecule has 19 heavy (non-hydrogen) atoms. The smallest absolute Gasteiger partial charge is 0.244 e. The molecule has 3 unspecified atom stereocenters. The van der Waals surface area contributed by atoms with E-state index in [1.807, 2.05) is 36.1 Å². The minimum atomic E-state index is -0.538. The highest BCUT2D eigenvalue weighted by molar-refractivity contribution is 5.83. The first-order valence-corrected chi connectivity index (χ1v) is 7.15. The van der Waals surface area contributed by atoms with Gasteiger partial charge in [0.1, 0.15) is 6.04 Å². The standard InChI is InChI=1S/C16H24N2O/c1-11-7-9-14(10-8-11)15(17)16(19)18-12(2)5-4-6-13(18)3/h7-10,12-13,15H,4-6,17H2,1-3H3. The van der Waals surface area contributed by atoms with Crippen molar-refractivity contribution >= 4 is 5.91 Å². The quantitative estimate of drug-likeness (QED) is 0.888. The molecule has 0 saturated carbocycles. The van der Waals surface area contributed by atoms with E-state index in [1.165, 1.54) is 12.0 Å². The number of aryl methyl sites for hydroxylation is 1. The van der Waals surface area contributed by atoms with Crippen LogP contribution in [0.4, 0.5) is 0 Å². The monoisotopic (exact) mass is 260 g/mol. The van der Waals surface area contributed by atoms with Gasteiger partial charge in [-0.15, -0.1) is 0 Å². The van der Waals surface area contributed by atoms with Crippen molar-refractivity contribution in [2.45, 2.75) is 58.2 Å². The Balaban J connectivity index is 2.16. The zero-order valence-electron chi connectivity index (χ0n) is 12.1. The molecular formula is C16H24N2O. The number of carbonyl (C=O) groups excluding carboxylic acids is 1. The van der Waals surface area contributed by atoms with Crippen molar-refractivity contribution in [2.75, 3.05) is 0 Å². The third-order valence-electron chi connectivity index (χ3n) is 4.15. The Morgan fingerprint density at radius 3 is 2.26 bits per heavy atom. The van der Waals surface area contributed by atoms with Gasteiger partial charge in [0.25, 0.3) is 0 Å². The third kappa shape index (κ3) is 2.98. The van der Waals surface area contributed by atoms with Gasteiger partial charge >= 0.3 is 0 Å². The van der Waals surface area contributed by atoms with Crippen molar-refractivity contribution in [3.63, 3.8) is 0 Å². The highest BCUT2D eigenvalue weighted by Gasteiger charge is 2.32. The number of hydrogen-bond donors (Lipinski definition) is 1. The van der Waals surface area contributed by atoms with Crippen LogP contribution in [0.1, 0.15) is 50.3 Å². The topological polar surface area (TPSA) is 46.3 Å². The lowest BCUT2D eigenvalue weighted by Gasteiger charge is -2.40. The largest absolute Gasteiger partial charge is 0.336 e. The SMILES string of the molecule is Cc1ccc(C(N)C(=O)N2C(C)CCCC2C)cc1. The lowest BCUT2D eigenvalue weighted by Crippen LogP contribution is -2.50. The van der Waals surface area contributed by atoms with Crippen LogP contribution in [-0.2, 0) is 4.79 Å². The molecule has 1 saturated heterocycles. The summed E-state index contributed by atoms with van der Waals surface area (Å²) in [6.45, 7) is 6.27. The molecule has 0 radical (unpaired) electrons. The minimum absolute atomic E-state index is 0.0588. The van der Waals surface area contributed by atoms with Crippen molar-refractivity contribution in [2.24, 2.45) is 5.73 Å². The molecule has 1 aliphatic rings. The van der Waals surface area contributed by atoms with Crippen LogP contribution in [0.5, 0.6) is 0 Å². The maximum atomic E-state index is 12.6. The van der Waals surface area contributed by atoms with Gasteiger partial charge in [-0.05, 0) is 45.6 Å². The highest BCUT2D eigenvalue weighted by Crippen LogP contribution is 2.26. The van der Waals surface area contributed by atoms with Crippen LogP contribution in [0.3, 0.4) is 0 Å². The average molecular weight is 260 g/mol. The van der Waals surface area contributed by atoms with Crippen molar-refractivity contribution in [3.8, 4) is 0 Å². The van der Waals surface area contributed by atoms with E-state index in [1.54, 1.807) is 0 Å². The molecule has 3 heteroatoms. The van der Waals surface area contributed by atoms with Gasteiger partial charge in [-0.3, -0.25) is 4.79 Å². The Hall–Kier alpha value is -1.35. The van der Waals surface area contributed by atoms with Gasteiger partial charge in [-0.2, -0.15) is 0 Å². The predicted molar refractivity (Wildman–Crippen MR) is 77.7 cm³/mol. The molecule has 2 N–H and O–H groups in total. The second-order valence-electron chi connectivity index (χ2n) is 5.76. The summed E-state index contributed by atoms with van der Waals surface area (Å²) >= 11 is 0. The summed E-state index contributed by atoms with van der Waals surface area (Å²) in [5.41, 5.74) is 8.24. The summed E-state index contributed by atoms with van der Waals surface area (Å²) < 4.78 is 0. The van der Waals surface area contributed by atoms with E-state index in [-0.39, 0.29) is 5.91 Å². The number of nitrogens with zero attached hydrogens (tertiary/aromatic N) is 1. The van der Waals surface area contributed by atoms with E-state index in [0.717, 1.165) is 18.4 Å². The lowest BCUT2D eigenvalue weighted by atomic mass is 9.95. The zero-order chi connectivity index (χ0) is 14.0. The van der Waals surface area contributed by atoms with Crippen LogP contribution in [0, 0.1) is 6.92 Å². The first kappa shape index (κ1) is 14.1. The van der Waals surface area contributed by atoms with Crippen LogP contribution in [0.15, 0.2) is 24.3 Å². The summed E-state index contributed by atoms with van der Waals surface area (Å²) in [5, 5.41) is 0. The Morgan fingerprint density at radius 1 is 1.21 bits per heavy atom. The molecule has 0 bridgehead atoms. The number of piperidine rings is 1. The molecule has 1 aromatic rings. The number of hydrogen-bond acceptors (Lipinski definition) is 2. The van der Waals surface area contributed by atoms with Gasteiger partial charge in [0.15, 0.2) is 0 Å². The molecule has 3 nitrogen and oxygen atoms in total. The number of likely N-dealkylation sites (tertiary alicyclic amines) is 1. The Bertz CT molecular complexity index is 431. The van der Waals surface area contributed by atoms with Gasteiger partial charge in [0, 0.05) is 12.1 Å². The fourth-order valence-corrected chi connectivity index (χ4v) is 2.93. The second-order valence-corrected chi connectivity index (χ2v) is 5.76. The van der Waals surface area contributed by atoms with Crippen LogP contribution in [0.2, 0.25) is 0 Å². The molecule has 1 aliphatic heterocycles. The van der Waals surface area contributed by atoms with Crippen LogP contribution in [0.25, 0.3) is 0 Å². The Kier molecular flexibility index (Phi) is 4.25. The first-order valence-electron chi connectivity index (χ1n) is 7.15. The Morgan fingerprint density at radius 2 is 1.74 bits per heavy atom. The molecule has 1 amide bonds. The molecule has 1 heterocycles. The lowest BCUT2D eigenvalue weighted by molar-refractivity contribution is -0.138. The van der Waals surface area contributed by atoms with Gasteiger partial charge in [0.05, 0.1) is 0 Å². The summed E-state index contributed by atoms with van der Waals surface area (Å²) in [6.07, 6.45) is 3.36. The molecular weight excluding hydrogens is 236 g/mol. The fourth-order valence-electron chi connectivity index (χ4n) is 2.93. The summed E-state index contributed by atoms with van der Waals surface area (Å²) in [6, 6.07) is 7.98. The second kappa shape index (κ2) is 5.74. The van der Waals surface area contributed by atoms with Gasteiger partial charge in [0.2, 0.25) is 5.91 Å². The molecule has 3 atom stereocenters. The number of carbonyl (C=O) groups is 1. The maximum absolute atomic E-state index is 12.6. The van der Waals surface area contributed by atoms with Crippen LogP contribution >= 0.6 is 0 Å². The maximum Gasteiger partial charge on any atom is 0.244 e. The number of amides is 1. The van der Waals surface area contributed by atoms with E-state index in [9.17, 15) is 4.79 Å². The molecule has 0 spiro atoms. The van der Waals surface area contributed by atoms with Crippen LogP contribution in [-0.4, -0.2) is 22.9 Å². The molecule has 0 aliphatic carbocycles. The number of benzene rings is 1. The summed E-state index contributed by atoms with van der Waals surface area (Å²) in [7, 11) is 0. The van der Waals surface area contributed by atoms with Gasteiger partial charge in [-0.25, -0.2) is 0 Å². The van der Waals surface area contributed by atoms with E-state index >= 15 is 0 Å². The molecule has 1 fully saturated rings. The summed E-state index contributed by atoms with van der Waals surface area (Å²) in [5.74, 6) is 0.0588. The normalized spacial score (nSPS) is 25.2. The fraction of sp³-hybridized carbons (Fsp3) is 0.562. The van der Waals surface area contributed by atoms with E-state index in [4.69, 9.17) is 5.73 Å². The van der Waals surface area contributed by atoms with E-state index in [0.29, 0.717) is 12.1 Å². The minimum Gasteiger partial charge on any atom is -0.336 e. The zero-order valence-corrected chi connectivity index (χ0v) is 12.1. The van der Waals surface area contributed by atoms with Crippen LogP contribution < -0.4 is 5.73 Å². The number of rotatable bonds is 2. The van der Waals surface area contributed by atoms with Crippen molar-refractivity contribution in [1.82, 2.24) is 4.90 Å². The van der Waals surface area contributed by atoms with E-state index < -0.39 is 6.04 Å². The molecule has 0 aromatic heterocycles. The molecule has 2 rings (SSSR count). The van der Waals surface area contributed by atoms with Crippen molar-refractivity contribution < 1.29 is 4.79 Å². The average Bonchev–Trinajstić information content (AvgIpc) is 2.38. The molecule has 104 valence electrons. The molecule has 1 aromatic carbocycles. The first-order chi connectivity index (χ1) is 9.00. The predicted octanol–water partition coefficient (Wildman–Crippen LogP) is 2.78. The van der Waals surface area contributed by atoms with Crippen molar-refractivity contribution in [3.05, 3.63) is 35.4 Å². The van der Waals surface area contributed by atoms with Crippen molar-refractivity contribution in [1.29, 1.82) is 0 Å². The highest BCUT2D eigenvalue weighted by atomic mass is 16.2. The van der Waals surface area contributed by atoms with Gasteiger partial charge in [-0.1, -0.05) is 29.8 Å². The summed E-state index contributed by atoms with van der Waals surface area (Å²) in [4.78, 5) is 14.6. The third-order valence-corrected chi connectivity index (χ3v) is 4.15. The Labute approximate surface area is 115 Å². The number of nitrogens with two attached hydrogens (primary N) is 1. The van der Waals surface area contributed by atoms with E-state index in [2.05, 4.69) is 13.8 Å².